The third-order valence-corrected chi connectivity index (χ3v) is 6.07. The Balaban J connectivity index is 1.88. The standard InChI is InChI=1S/C23H23ClN2O3/c1-14-7-8-17(13-15(14)2)20-21(25-9-11-29-12-10-25)23(28)26(22(20)27)19-6-4-5-18(24)16(19)3/h4-8,13H,9-12H2,1-3H3. The molecular formula is C23H23ClN2O3. The van der Waals surface area contributed by atoms with Crippen molar-refractivity contribution < 1.29 is 14.3 Å². The molecule has 5 nitrogen and oxygen atoms in total. The molecule has 29 heavy (non-hydrogen) atoms. The number of nitrogens with zero attached hydrogens (tertiary/aromatic N) is 2. The van der Waals surface area contributed by atoms with Crippen LogP contribution in [-0.2, 0) is 14.3 Å². The molecule has 6 heteroatoms. The molecule has 2 aliphatic rings. The minimum atomic E-state index is -0.315. The third-order valence-electron chi connectivity index (χ3n) is 5.66. The van der Waals surface area contributed by atoms with Gasteiger partial charge in [0, 0.05) is 18.1 Å². The fraction of sp³-hybridized carbons (Fsp3) is 0.304. The van der Waals surface area contributed by atoms with Crippen LogP contribution in [0.15, 0.2) is 42.1 Å². The highest BCUT2D eigenvalue weighted by atomic mass is 35.5. The van der Waals surface area contributed by atoms with Gasteiger partial charge in [0.2, 0.25) is 0 Å². The lowest BCUT2D eigenvalue weighted by Crippen LogP contribution is -2.40. The zero-order valence-electron chi connectivity index (χ0n) is 16.8. The van der Waals surface area contributed by atoms with Crippen molar-refractivity contribution in [3.05, 3.63) is 69.4 Å². The van der Waals surface area contributed by atoms with Crippen LogP contribution in [0.5, 0.6) is 0 Å². The van der Waals surface area contributed by atoms with Gasteiger partial charge in [0.05, 0.1) is 24.5 Å². The summed E-state index contributed by atoms with van der Waals surface area (Å²) in [6, 6.07) is 11.2. The number of carbonyl (C=O) groups excluding carboxylic acids is 2. The van der Waals surface area contributed by atoms with Gasteiger partial charge in [-0.05, 0) is 55.2 Å². The molecule has 0 radical (unpaired) electrons. The average Bonchev–Trinajstić information content (AvgIpc) is 2.97. The highest BCUT2D eigenvalue weighted by Crippen LogP contribution is 2.38. The number of anilines is 1. The van der Waals surface area contributed by atoms with E-state index in [1.165, 1.54) is 4.90 Å². The smallest absolute Gasteiger partial charge is 0.282 e. The normalized spacial score (nSPS) is 17.5. The van der Waals surface area contributed by atoms with E-state index in [0.29, 0.717) is 53.8 Å². The second-order valence-corrected chi connectivity index (χ2v) is 7.86. The third kappa shape index (κ3) is 3.34. The second-order valence-electron chi connectivity index (χ2n) is 7.45. The molecule has 4 rings (SSSR count). The van der Waals surface area contributed by atoms with Crippen LogP contribution >= 0.6 is 11.6 Å². The number of hydrogen-bond donors (Lipinski definition) is 0. The first-order valence-electron chi connectivity index (χ1n) is 9.68. The Bertz CT molecular complexity index is 1040. The van der Waals surface area contributed by atoms with E-state index < -0.39 is 0 Å². The number of amides is 2. The summed E-state index contributed by atoms with van der Waals surface area (Å²) in [6.45, 7) is 8.06. The van der Waals surface area contributed by atoms with Gasteiger partial charge in [-0.3, -0.25) is 9.59 Å². The highest BCUT2D eigenvalue weighted by molar-refractivity contribution is 6.46. The van der Waals surface area contributed by atoms with E-state index in [0.717, 1.165) is 16.7 Å². The minimum absolute atomic E-state index is 0.310. The number of benzene rings is 2. The van der Waals surface area contributed by atoms with Crippen LogP contribution < -0.4 is 4.90 Å². The first-order valence-corrected chi connectivity index (χ1v) is 10.1. The molecule has 0 aromatic heterocycles. The Hall–Kier alpha value is -2.63. The van der Waals surface area contributed by atoms with Crippen LogP contribution in [0.1, 0.15) is 22.3 Å². The lowest BCUT2D eigenvalue weighted by Gasteiger charge is -2.29. The first kappa shape index (κ1) is 19.7. The van der Waals surface area contributed by atoms with Crippen molar-refractivity contribution in [3.63, 3.8) is 0 Å². The first-order chi connectivity index (χ1) is 13.9. The number of morpholine rings is 1. The molecule has 2 aromatic rings. The Morgan fingerprint density at radius 2 is 1.66 bits per heavy atom. The summed E-state index contributed by atoms with van der Waals surface area (Å²) in [7, 11) is 0. The van der Waals surface area contributed by atoms with Crippen LogP contribution in [-0.4, -0.2) is 43.0 Å². The lowest BCUT2D eigenvalue weighted by molar-refractivity contribution is -0.121. The molecule has 0 unspecified atom stereocenters. The topological polar surface area (TPSA) is 49.9 Å². The zero-order chi connectivity index (χ0) is 20.7. The quantitative estimate of drug-likeness (QED) is 0.720. The van der Waals surface area contributed by atoms with Crippen molar-refractivity contribution >= 4 is 34.7 Å². The Morgan fingerprint density at radius 3 is 2.34 bits per heavy atom. The molecular weight excluding hydrogens is 388 g/mol. The highest BCUT2D eigenvalue weighted by Gasteiger charge is 2.43. The summed E-state index contributed by atoms with van der Waals surface area (Å²) in [5.74, 6) is -0.624. The van der Waals surface area contributed by atoms with Crippen LogP contribution in [0.2, 0.25) is 5.02 Å². The van der Waals surface area contributed by atoms with Gasteiger partial charge in [-0.2, -0.15) is 0 Å². The molecule has 2 amide bonds. The van der Waals surface area contributed by atoms with Crippen molar-refractivity contribution in [2.75, 3.05) is 31.2 Å². The molecule has 0 saturated carbocycles. The maximum Gasteiger partial charge on any atom is 0.282 e. The van der Waals surface area contributed by atoms with E-state index in [-0.39, 0.29) is 11.8 Å². The molecule has 1 fully saturated rings. The van der Waals surface area contributed by atoms with Gasteiger partial charge in [0.15, 0.2) is 0 Å². The van der Waals surface area contributed by atoms with Crippen molar-refractivity contribution in [2.24, 2.45) is 0 Å². The van der Waals surface area contributed by atoms with Gasteiger partial charge >= 0.3 is 0 Å². The van der Waals surface area contributed by atoms with E-state index in [9.17, 15) is 9.59 Å². The maximum atomic E-state index is 13.6. The second kappa shape index (κ2) is 7.65. The van der Waals surface area contributed by atoms with Crippen molar-refractivity contribution in [3.8, 4) is 0 Å². The van der Waals surface area contributed by atoms with Crippen molar-refractivity contribution in [2.45, 2.75) is 20.8 Å². The zero-order valence-corrected chi connectivity index (χ0v) is 17.5. The van der Waals surface area contributed by atoms with Crippen LogP contribution in [0, 0.1) is 20.8 Å². The lowest BCUT2D eigenvalue weighted by atomic mass is 9.99. The van der Waals surface area contributed by atoms with Crippen molar-refractivity contribution in [1.82, 2.24) is 4.90 Å². The number of carbonyl (C=O) groups is 2. The Morgan fingerprint density at radius 1 is 0.931 bits per heavy atom. The predicted molar refractivity (Wildman–Crippen MR) is 114 cm³/mol. The van der Waals surface area contributed by atoms with E-state index in [1.807, 2.05) is 43.9 Å². The maximum absolute atomic E-state index is 13.6. The van der Waals surface area contributed by atoms with Crippen molar-refractivity contribution in [1.29, 1.82) is 0 Å². The van der Waals surface area contributed by atoms with Crippen LogP contribution in [0.3, 0.4) is 0 Å². The van der Waals surface area contributed by atoms with Gasteiger partial charge in [-0.15, -0.1) is 0 Å². The van der Waals surface area contributed by atoms with Gasteiger partial charge in [-0.1, -0.05) is 35.9 Å². The monoisotopic (exact) mass is 410 g/mol. The number of ether oxygens (including phenoxy) is 1. The predicted octanol–water partition coefficient (Wildman–Crippen LogP) is 3.88. The number of aryl methyl sites for hydroxylation is 2. The fourth-order valence-corrected chi connectivity index (χ4v) is 3.98. The number of hydrogen-bond acceptors (Lipinski definition) is 4. The summed E-state index contributed by atoms with van der Waals surface area (Å²) in [5, 5.41) is 0.524. The van der Waals surface area contributed by atoms with E-state index in [2.05, 4.69) is 0 Å². The van der Waals surface area contributed by atoms with Gasteiger partial charge in [-0.25, -0.2) is 4.90 Å². The largest absolute Gasteiger partial charge is 0.378 e. The number of imide groups is 1. The van der Waals surface area contributed by atoms with Gasteiger partial charge < -0.3 is 9.64 Å². The SMILES string of the molecule is Cc1ccc(C2=C(N3CCOCC3)C(=O)N(c3cccc(Cl)c3C)C2=O)cc1C. The molecule has 150 valence electrons. The van der Waals surface area contributed by atoms with E-state index in [4.69, 9.17) is 16.3 Å². The molecule has 0 N–H and O–H groups in total. The van der Waals surface area contributed by atoms with E-state index in [1.54, 1.807) is 18.2 Å². The Labute approximate surface area is 175 Å². The van der Waals surface area contributed by atoms with Gasteiger partial charge in [0.1, 0.15) is 5.70 Å². The number of rotatable bonds is 3. The molecule has 2 aliphatic heterocycles. The minimum Gasteiger partial charge on any atom is -0.378 e. The molecule has 0 bridgehead atoms. The summed E-state index contributed by atoms with van der Waals surface area (Å²) in [6.07, 6.45) is 0. The average molecular weight is 411 g/mol. The molecule has 0 atom stereocenters. The number of halogens is 1. The molecule has 1 saturated heterocycles. The van der Waals surface area contributed by atoms with Gasteiger partial charge in [0.25, 0.3) is 11.8 Å². The fourth-order valence-electron chi connectivity index (χ4n) is 3.81. The summed E-state index contributed by atoms with van der Waals surface area (Å²) < 4.78 is 5.45. The van der Waals surface area contributed by atoms with E-state index >= 15 is 0 Å². The van der Waals surface area contributed by atoms with Crippen LogP contribution in [0.4, 0.5) is 5.69 Å². The molecule has 0 spiro atoms. The summed E-state index contributed by atoms with van der Waals surface area (Å²) in [4.78, 5) is 30.3. The molecule has 2 heterocycles. The Kier molecular flexibility index (Phi) is 5.19. The molecule has 0 aliphatic carbocycles. The summed E-state index contributed by atoms with van der Waals surface area (Å²) >= 11 is 6.27. The summed E-state index contributed by atoms with van der Waals surface area (Å²) in [5.41, 5.74) is 5.10. The molecule has 2 aromatic carbocycles. The van der Waals surface area contributed by atoms with Crippen LogP contribution in [0.25, 0.3) is 5.57 Å².